The van der Waals surface area contributed by atoms with Crippen LogP contribution in [0.3, 0.4) is 0 Å². The number of carbonyl (C=O) groups is 1. The zero-order valence-corrected chi connectivity index (χ0v) is 21.3. The van der Waals surface area contributed by atoms with E-state index in [2.05, 4.69) is 13.8 Å². The summed E-state index contributed by atoms with van der Waals surface area (Å²) in [5.41, 5.74) is 0. The van der Waals surface area contributed by atoms with Gasteiger partial charge in [-0.25, -0.2) is 0 Å². The van der Waals surface area contributed by atoms with Crippen LogP contribution in [-0.2, 0) is 14.9 Å². The van der Waals surface area contributed by atoms with Crippen molar-refractivity contribution in [2.75, 3.05) is 5.75 Å². The van der Waals surface area contributed by atoms with Crippen molar-refractivity contribution in [2.45, 2.75) is 110 Å². The molecule has 5 nitrogen and oxygen atoms in total. The number of carboxylic acid groups (broad SMARTS) is 1. The fraction of sp³-hybridized carbons (Fsp3) is 0.952. The second-order valence-corrected chi connectivity index (χ2v) is 9.64. The summed E-state index contributed by atoms with van der Waals surface area (Å²) in [7, 11) is -4.01. The van der Waals surface area contributed by atoms with Gasteiger partial charge in [0.1, 0.15) is 0 Å². The summed E-state index contributed by atoms with van der Waals surface area (Å²) in [4.78, 5) is 11.1. The predicted molar refractivity (Wildman–Crippen MR) is 109 cm³/mol. The number of carbonyl (C=O) groups excluding carboxylic acids is 1. The van der Waals surface area contributed by atoms with Crippen molar-refractivity contribution in [3.8, 4) is 0 Å². The Bertz CT molecular complexity index is 467. The van der Waals surface area contributed by atoms with Gasteiger partial charge in [-0.3, -0.25) is 4.55 Å². The zero-order chi connectivity index (χ0) is 20.5. The van der Waals surface area contributed by atoms with Gasteiger partial charge in [-0.2, -0.15) is 8.42 Å². The Morgan fingerprint density at radius 1 is 0.821 bits per heavy atom. The molecule has 0 saturated carbocycles. The fourth-order valence-corrected chi connectivity index (χ4v) is 3.93. The molecule has 0 aromatic carbocycles. The zero-order valence-electron chi connectivity index (χ0n) is 18.5. The standard InChI is InChI=1S/C21H42O5S.Na/c1-3-19(2)15-12-10-8-6-4-5-7-9-11-13-16-20(21(22)23)17-14-18-27(24,25)26;/h19-20H,3-18H2,1-2H3,(H,22,23)(H,24,25,26);/q;+1/p-1. The van der Waals surface area contributed by atoms with Crippen LogP contribution in [0.15, 0.2) is 0 Å². The minimum absolute atomic E-state index is 0. The third kappa shape index (κ3) is 21.1. The first kappa shape index (κ1) is 30.6. The normalized spacial score (nSPS) is 13.7. The molecule has 1 N–H and O–H groups in total. The summed E-state index contributed by atoms with van der Waals surface area (Å²) in [5.74, 6) is -1.24. The van der Waals surface area contributed by atoms with Crippen molar-refractivity contribution in [3.05, 3.63) is 0 Å². The molecule has 162 valence electrons. The van der Waals surface area contributed by atoms with Crippen LogP contribution in [0.2, 0.25) is 0 Å². The Morgan fingerprint density at radius 3 is 1.61 bits per heavy atom. The van der Waals surface area contributed by atoms with Crippen LogP contribution in [-0.4, -0.2) is 24.7 Å². The van der Waals surface area contributed by atoms with Gasteiger partial charge in [-0.1, -0.05) is 90.9 Å². The van der Waals surface area contributed by atoms with Crippen LogP contribution in [0, 0.1) is 11.8 Å². The number of aliphatic carboxylic acids is 1. The van der Waals surface area contributed by atoms with Gasteiger partial charge in [0.2, 0.25) is 0 Å². The third-order valence-corrected chi connectivity index (χ3v) is 6.29. The monoisotopic (exact) mass is 428 g/mol. The number of rotatable bonds is 19. The Morgan fingerprint density at radius 2 is 1.21 bits per heavy atom. The van der Waals surface area contributed by atoms with Gasteiger partial charge in [0, 0.05) is 5.97 Å². The summed E-state index contributed by atoms with van der Waals surface area (Å²) in [6, 6.07) is 0. The molecule has 2 atom stereocenters. The maximum atomic E-state index is 11.1. The van der Waals surface area contributed by atoms with E-state index in [0.717, 1.165) is 25.2 Å². The summed E-state index contributed by atoms with van der Waals surface area (Å²) in [6.45, 7) is 4.59. The van der Waals surface area contributed by atoms with E-state index in [0.29, 0.717) is 6.42 Å². The van der Waals surface area contributed by atoms with Crippen molar-refractivity contribution < 1.29 is 52.4 Å². The van der Waals surface area contributed by atoms with Gasteiger partial charge in [-0.05, 0) is 31.1 Å². The first-order valence-electron chi connectivity index (χ1n) is 10.9. The Labute approximate surface area is 195 Å². The topological polar surface area (TPSA) is 94.5 Å². The summed E-state index contributed by atoms with van der Waals surface area (Å²) < 4.78 is 30.0. The molecular weight excluding hydrogens is 387 g/mol. The smallest absolute Gasteiger partial charge is 0.550 e. The van der Waals surface area contributed by atoms with Crippen molar-refractivity contribution in [3.63, 3.8) is 0 Å². The minimum Gasteiger partial charge on any atom is -0.550 e. The minimum atomic E-state index is -4.01. The van der Waals surface area contributed by atoms with Crippen LogP contribution in [0.1, 0.15) is 110 Å². The Hall–Kier alpha value is 0.380. The first-order valence-corrected chi connectivity index (χ1v) is 12.5. The molecule has 0 radical (unpaired) electrons. The van der Waals surface area contributed by atoms with Crippen LogP contribution in [0.25, 0.3) is 0 Å². The van der Waals surface area contributed by atoms with Gasteiger partial charge in [0.25, 0.3) is 10.1 Å². The van der Waals surface area contributed by atoms with E-state index in [-0.39, 0.29) is 48.2 Å². The second-order valence-electron chi connectivity index (χ2n) is 8.07. The maximum Gasteiger partial charge on any atom is 1.00 e. The van der Waals surface area contributed by atoms with E-state index in [1.807, 2.05) is 0 Å². The average Bonchev–Trinajstić information content (AvgIpc) is 2.59. The van der Waals surface area contributed by atoms with Crippen molar-refractivity contribution >= 4 is 16.1 Å². The van der Waals surface area contributed by atoms with Crippen molar-refractivity contribution in [1.29, 1.82) is 0 Å². The second kappa shape index (κ2) is 19.3. The van der Waals surface area contributed by atoms with Crippen LogP contribution < -0.4 is 34.7 Å². The van der Waals surface area contributed by atoms with Gasteiger partial charge in [0.15, 0.2) is 0 Å². The molecule has 0 rings (SSSR count). The number of carboxylic acids is 1. The molecule has 0 aliphatic carbocycles. The van der Waals surface area contributed by atoms with Crippen molar-refractivity contribution in [1.82, 2.24) is 0 Å². The van der Waals surface area contributed by atoms with Gasteiger partial charge < -0.3 is 9.90 Å². The molecule has 2 unspecified atom stereocenters. The Kier molecular flexibility index (Phi) is 21.1. The molecule has 0 aromatic rings. The molecule has 28 heavy (non-hydrogen) atoms. The van der Waals surface area contributed by atoms with Crippen LogP contribution in [0.4, 0.5) is 0 Å². The molecule has 0 heterocycles. The summed E-state index contributed by atoms with van der Waals surface area (Å²) in [6.07, 6.45) is 15.7. The number of hydrogen-bond acceptors (Lipinski definition) is 4. The molecule has 0 aromatic heterocycles. The van der Waals surface area contributed by atoms with E-state index in [9.17, 15) is 18.3 Å². The van der Waals surface area contributed by atoms with E-state index < -0.39 is 22.0 Å². The molecule has 0 spiro atoms. The molecular formula is C21H41NaO5S. The van der Waals surface area contributed by atoms with E-state index in [1.54, 1.807) is 0 Å². The van der Waals surface area contributed by atoms with Gasteiger partial charge in [0.05, 0.1) is 5.75 Å². The fourth-order valence-electron chi connectivity index (χ4n) is 3.39. The third-order valence-electron chi connectivity index (χ3n) is 5.48. The van der Waals surface area contributed by atoms with E-state index in [4.69, 9.17) is 4.55 Å². The van der Waals surface area contributed by atoms with E-state index >= 15 is 0 Å². The molecule has 0 bridgehead atoms. The molecule has 0 amide bonds. The molecule has 0 aliphatic heterocycles. The molecule has 0 aliphatic rings. The van der Waals surface area contributed by atoms with Crippen LogP contribution in [0.5, 0.6) is 0 Å². The maximum absolute atomic E-state index is 11.1. The number of hydrogen-bond donors (Lipinski definition) is 1. The average molecular weight is 429 g/mol. The van der Waals surface area contributed by atoms with Gasteiger partial charge >= 0.3 is 29.6 Å². The number of unbranched alkanes of at least 4 members (excludes halogenated alkanes) is 9. The van der Waals surface area contributed by atoms with E-state index in [1.165, 1.54) is 57.8 Å². The molecule has 0 fully saturated rings. The molecule has 0 saturated heterocycles. The van der Waals surface area contributed by atoms with Gasteiger partial charge in [-0.15, -0.1) is 0 Å². The summed E-state index contributed by atoms with van der Waals surface area (Å²) in [5, 5.41) is 11.1. The SMILES string of the molecule is CCC(C)CCCCCCCCCCCCC(CCCS(=O)(=O)O)C(=O)[O-].[Na+]. The first-order chi connectivity index (χ1) is 12.8. The predicted octanol–water partition coefficient (Wildman–Crippen LogP) is 1.75. The van der Waals surface area contributed by atoms with Crippen LogP contribution >= 0.6 is 0 Å². The Balaban J connectivity index is 0. The molecule has 7 heteroatoms. The largest absolute Gasteiger partial charge is 1.00 e. The quantitative estimate of drug-likeness (QED) is 0.192. The summed E-state index contributed by atoms with van der Waals surface area (Å²) >= 11 is 0. The van der Waals surface area contributed by atoms with Crippen molar-refractivity contribution in [2.24, 2.45) is 11.8 Å².